The van der Waals surface area contributed by atoms with Crippen molar-refractivity contribution in [2.24, 2.45) is 0 Å². The summed E-state index contributed by atoms with van der Waals surface area (Å²) in [5.41, 5.74) is 1.18. The summed E-state index contributed by atoms with van der Waals surface area (Å²) in [6.07, 6.45) is 0.907. The Labute approximate surface area is 121 Å². The number of nitrogens with zero attached hydrogens (tertiary/aromatic N) is 1. The number of piperazine rings is 1. The van der Waals surface area contributed by atoms with Crippen LogP contribution in [-0.4, -0.2) is 43.0 Å². The van der Waals surface area contributed by atoms with Gasteiger partial charge in [0, 0.05) is 26.2 Å². The minimum absolute atomic E-state index is 0.0603. The first-order valence-corrected chi connectivity index (χ1v) is 7.52. The Morgan fingerprint density at radius 3 is 2.55 bits per heavy atom. The van der Waals surface area contributed by atoms with E-state index in [-0.39, 0.29) is 18.0 Å². The third kappa shape index (κ3) is 3.81. The maximum Gasteiger partial charge on any atom is 0.237 e. The minimum atomic E-state index is -0.0603. The van der Waals surface area contributed by atoms with Crippen molar-refractivity contribution in [1.29, 1.82) is 0 Å². The first-order valence-electron chi connectivity index (χ1n) is 7.52. The van der Waals surface area contributed by atoms with Crippen molar-refractivity contribution >= 4 is 5.91 Å². The van der Waals surface area contributed by atoms with E-state index >= 15 is 0 Å². The lowest BCUT2D eigenvalue weighted by atomic mass is 10.0. The van der Waals surface area contributed by atoms with Crippen LogP contribution in [0.3, 0.4) is 0 Å². The van der Waals surface area contributed by atoms with Crippen LogP contribution in [0.25, 0.3) is 0 Å². The van der Waals surface area contributed by atoms with E-state index in [1.165, 1.54) is 5.56 Å². The quantitative estimate of drug-likeness (QED) is 0.857. The number of rotatable bonds is 5. The van der Waals surface area contributed by atoms with Crippen LogP contribution in [0, 0.1) is 0 Å². The van der Waals surface area contributed by atoms with Crippen LogP contribution in [0.2, 0.25) is 0 Å². The van der Waals surface area contributed by atoms with E-state index in [0.29, 0.717) is 0 Å². The fourth-order valence-electron chi connectivity index (χ4n) is 2.63. The topological polar surface area (TPSA) is 44.4 Å². The lowest BCUT2D eigenvalue weighted by Gasteiger charge is -2.32. The third-order valence-corrected chi connectivity index (χ3v) is 4.01. The smallest absolute Gasteiger partial charge is 0.237 e. The number of hydrogen-bond acceptors (Lipinski definition) is 3. The van der Waals surface area contributed by atoms with E-state index in [0.717, 1.165) is 32.6 Å². The summed E-state index contributed by atoms with van der Waals surface area (Å²) in [6.45, 7) is 7.92. The summed E-state index contributed by atoms with van der Waals surface area (Å²) in [6, 6.07) is 10.2. The van der Waals surface area contributed by atoms with Crippen molar-refractivity contribution in [1.82, 2.24) is 15.5 Å². The molecule has 0 aliphatic carbocycles. The molecule has 110 valence electrons. The van der Waals surface area contributed by atoms with Gasteiger partial charge < -0.3 is 10.6 Å². The van der Waals surface area contributed by atoms with Crippen LogP contribution in [-0.2, 0) is 4.79 Å². The molecule has 0 radical (unpaired) electrons. The highest BCUT2D eigenvalue weighted by Crippen LogP contribution is 2.16. The highest BCUT2D eigenvalue weighted by atomic mass is 16.2. The third-order valence-electron chi connectivity index (χ3n) is 4.01. The molecule has 1 amide bonds. The van der Waals surface area contributed by atoms with Gasteiger partial charge in [-0.2, -0.15) is 0 Å². The molecule has 2 unspecified atom stereocenters. The second kappa shape index (κ2) is 7.41. The van der Waals surface area contributed by atoms with Crippen molar-refractivity contribution in [3.8, 4) is 0 Å². The Balaban J connectivity index is 1.94. The zero-order valence-electron chi connectivity index (χ0n) is 12.4. The van der Waals surface area contributed by atoms with E-state index in [1.54, 1.807) is 0 Å². The van der Waals surface area contributed by atoms with Crippen molar-refractivity contribution in [2.45, 2.75) is 32.4 Å². The average Bonchev–Trinajstić information content (AvgIpc) is 2.53. The highest BCUT2D eigenvalue weighted by molar-refractivity contribution is 5.81. The van der Waals surface area contributed by atoms with Gasteiger partial charge in [0.1, 0.15) is 0 Å². The van der Waals surface area contributed by atoms with Gasteiger partial charge in [-0.15, -0.1) is 0 Å². The number of amides is 1. The lowest BCUT2D eigenvalue weighted by molar-refractivity contribution is -0.126. The van der Waals surface area contributed by atoms with E-state index in [4.69, 9.17) is 0 Å². The van der Waals surface area contributed by atoms with Crippen molar-refractivity contribution in [2.75, 3.05) is 26.2 Å². The normalized spacial score (nSPS) is 19.3. The lowest BCUT2D eigenvalue weighted by Crippen LogP contribution is -2.53. The van der Waals surface area contributed by atoms with E-state index in [2.05, 4.69) is 34.6 Å². The molecule has 1 heterocycles. The molecule has 4 nitrogen and oxygen atoms in total. The van der Waals surface area contributed by atoms with Gasteiger partial charge in [-0.05, 0) is 18.9 Å². The van der Waals surface area contributed by atoms with Crippen LogP contribution in [0.4, 0.5) is 0 Å². The van der Waals surface area contributed by atoms with Gasteiger partial charge in [0.15, 0.2) is 0 Å². The van der Waals surface area contributed by atoms with Crippen LogP contribution in [0.15, 0.2) is 30.3 Å². The maximum absolute atomic E-state index is 12.4. The number of carbonyl (C=O) groups is 1. The predicted octanol–water partition coefficient (Wildman–Crippen LogP) is 1.55. The summed E-state index contributed by atoms with van der Waals surface area (Å²) in [4.78, 5) is 14.7. The molecule has 4 heteroatoms. The molecule has 2 atom stereocenters. The van der Waals surface area contributed by atoms with Gasteiger partial charge in [-0.1, -0.05) is 37.3 Å². The van der Waals surface area contributed by atoms with Crippen LogP contribution >= 0.6 is 0 Å². The van der Waals surface area contributed by atoms with Gasteiger partial charge in [0.05, 0.1) is 12.1 Å². The standard InChI is InChI=1S/C16H25N3O/c1-3-15(14-7-5-4-6-8-14)18-16(20)13(2)19-11-9-17-10-12-19/h4-8,13,15,17H,3,9-12H2,1-2H3,(H,18,20). The van der Waals surface area contributed by atoms with Crippen LogP contribution < -0.4 is 10.6 Å². The average molecular weight is 275 g/mol. The number of hydrogen-bond donors (Lipinski definition) is 2. The molecule has 1 aliphatic heterocycles. The molecule has 1 fully saturated rings. The molecule has 1 saturated heterocycles. The molecule has 2 rings (SSSR count). The van der Waals surface area contributed by atoms with Crippen LogP contribution in [0.1, 0.15) is 31.9 Å². The predicted molar refractivity (Wildman–Crippen MR) is 81.5 cm³/mol. The van der Waals surface area contributed by atoms with Gasteiger partial charge >= 0.3 is 0 Å². The minimum Gasteiger partial charge on any atom is -0.348 e. The summed E-state index contributed by atoms with van der Waals surface area (Å²) in [7, 11) is 0. The first kappa shape index (κ1) is 15.0. The Bertz CT molecular complexity index is 415. The largest absolute Gasteiger partial charge is 0.348 e. The van der Waals surface area contributed by atoms with Gasteiger partial charge in [0.2, 0.25) is 5.91 Å². The molecule has 0 spiro atoms. The summed E-state index contributed by atoms with van der Waals surface area (Å²) in [5.74, 6) is 0.127. The fraction of sp³-hybridized carbons (Fsp3) is 0.562. The molecule has 1 aliphatic rings. The zero-order valence-corrected chi connectivity index (χ0v) is 12.4. The SMILES string of the molecule is CCC(NC(=O)C(C)N1CCNCC1)c1ccccc1. The second-order valence-electron chi connectivity index (χ2n) is 5.34. The number of benzene rings is 1. The Kier molecular flexibility index (Phi) is 5.56. The Morgan fingerprint density at radius 2 is 1.95 bits per heavy atom. The molecule has 1 aromatic carbocycles. The molecule has 1 aromatic rings. The zero-order chi connectivity index (χ0) is 14.4. The first-order chi connectivity index (χ1) is 9.72. The molecular weight excluding hydrogens is 250 g/mol. The fourth-order valence-corrected chi connectivity index (χ4v) is 2.63. The summed E-state index contributed by atoms with van der Waals surface area (Å²) >= 11 is 0. The molecule has 2 N–H and O–H groups in total. The van der Waals surface area contributed by atoms with Crippen molar-refractivity contribution < 1.29 is 4.79 Å². The highest BCUT2D eigenvalue weighted by Gasteiger charge is 2.24. The van der Waals surface area contributed by atoms with Gasteiger partial charge in [-0.3, -0.25) is 9.69 Å². The summed E-state index contributed by atoms with van der Waals surface area (Å²) in [5, 5.41) is 6.49. The maximum atomic E-state index is 12.4. The van der Waals surface area contributed by atoms with E-state index < -0.39 is 0 Å². The monoisotopic (exact) mass is 275 g/mol. The van der Waals surface area contributed by atoms with Crippen molar-refractivity contribution in [3.05, 3.63) is 35.9 Å². The molecular formula is C16H25N3O. The second-order valence-corrected chi connectivity index (χ2v) is 5.34. The molecule has 0 saturated carbocycles. The van der Waals surface area contributed by atoms with Gasteiger partial charge in [-0.25, -0.2) is 0 Å². The Hall–Kier alpha value is -1.39. The molecule has 0 aromatic heterocycles. The molecule has 20 heavy (non-hydrogen) atoms. The van der Waals surface area contributed by atoms with E-state index in [1.807, 2.05) is 25.1 Å². The van der Waals surface area contributed by atoms with Gasteiger partial charge in [0.25, 0.3) is 0 Å². The molecule has 0 bridgehead atoms. The Morgan fingerprint density at radius 1 is 1.30 bits per heavy atom. The van der Waals surface area contributed by atoms with Crippen LogP contribution in [0.5, 0.6) is 0 Å². The van der Waals surface area contributed by atoms with E-state index in [9.17, 15) is 4.79 Å². The van der Waals surface area contributed by atoms with Crippen molar-refractivity contribution in [3.63, 3.8) is 0 Å². The summed E-state index contributed by atoms with van der Waals surface area (Å²) < 4.78 is 0. The number of carbonyl (C=O) groups excluding carboxylic acids is 1. The number of nitrogens with one attached hydrogen (secondary N) is 2.